The molecule has 10 heteroatoms. The van der Waals surface area contributed by atoms with Crippen LogP contribution < -0.4 is 33.8 Å². The molecule has 0 aliphatic carbocycles. The SMILES string of the molecule is CCCC1=C(C(=O)OCC)[C@H](c2cc(OC)ccc2OC)n2c(s/c(=C\c3ccc(OCc4c(C)cc(C)cc4C)c(OC)c3)c2=O)=N1. The average molecular weight is 671 g/mol. The number of carbonyl (C=O) groups excluding carboxylic acids is 1. The normalized spacial score (nSPS) is 14.3. The molecule has 0 saturated carbocycles. The van der Waals surface area contributed by atoms with Crippen LogP contribution in [0.4, 0.5) is 0 Å². The van der Waals surface area contributed by atoms with Gasteiger partial charge in [-0.2, -0.15) is 0 Å². The van der Waals surface area contributed by atoms with E-state index in [-0.39, 0.29) is 12.2 Å². The summed E-state index contributed by atoms with van der Waals surface area (Å²) in [6.07, 6.45) is 3.08. The largest absolute Gasteiger partial charge is 0.497 e. The molecule has 48 heavy (non-hydrogen) atoms. The molecule has 0 unspecified atom stereocenters. The van der Waals surface area contributed by atoms with E-state index in [0.717, 1.165) is 17.5 Å². The van der Waals surface area contributed by atoms with Gasteiger partial charge in [0.15, 0.2) is 16.3 Å². The minimum atomic E-state index is -0.840. The van der Waals surface area contributed by atoms with Gasteiger partial charge >= 0.3 is 5.97 Å². The topological polar surface area (TPSA) is 97.6 Å². The molecule has 0 bridgehead atoms. The molecule has 1 aromatic heterocycles. The van der Waals surface area contributed by atoms with Crippen molar-refractivity contribution in [3.05, 3.63) is 113 Å². The number of thiazole rings is 1. The number of hydrogen-bond donors (Lipinski definition) is 0. The maximum Gasteiger partial charge on any atom is 0.338 e. The van der Waals surface area contributed by atoms with E-state index in [0.29, 0.717) is 62.2 Å². The maximum absolute atomic E-state index is 14.3. The smallest absolute Gasteiger partial charge is 0.338 e. The number of hydrogen-bond acceptors (Lipinski definition) is 9. The lowest BCUT2D eigenvalue weighted by Crippen LogP contribution is -2.40. The number of aromatic nitrogens is 1. The second-order valence-electron chi connectivity index (χ2n) is 11.6. The van der Waals surface area contributed by atoms with E-state index in [1.54, 1.807) is 57.1 Å². The van der Waals surface area contributed by atoms with Gasteiger partial charge in [-0.25, -0.2) is 9.79 Å². The van der Waals surface area contributed by atoms with Gasteiger partial charge in [0.2, 0.25) is 0 Å². The van der Waals surface area contributed by atoms with Crippen molar-refractivity contribution in [1.82, 2.24) is 4.57 Å². The highest BCUT2D eigenvalue weighted by molar-refractivity contribution is 7.07. The number of fused-ring (bicyclic) bond motifs is 1. The zero-order chi connectivity index (χ0) is 34.5. The van der Waals surface area contributed by atoms with Crippen LogP contribution in [0.2, 0.25) is 0 Å². The Bertz CT molecular complexity index is 2030. The lowest BCUT2D eigenvalue weighted by Gasteiger charge is -2.27. The first-order valence-corrected chi connectivity index (χ1v) is 16.8. The van der Waals surface area contributed by atoms with Crippen LogP contribution in [0.1, 0.15) is 66.1 Å². The van der Waals surface area contributed by atoms with Crippen LogP contribution in [-0.4, -0.2) is 38.5 Å². The van der Waals surface area contributed by atoms with Crippen LogP contribution in [0.5, 0.6) is 23.0 Å². The Balaban J connectivity index is 1.62. The van der Waals surface area contributed by atoms with Gasteiger partial charge in [-0.15, -0.1) is 0 Å². The summed E-state index contributed by atoms with van der Waals surface area (Å²) in [4.78, 5) is 33.2. The molecular weight excluding hydrogens is 628 g/mol. The van der Waals surface area contributed by atoms with Gasteiger partial charge in [-0.3, -0.25) is 9.36 Å². The molecule has 0 saturated heterocycles. The number of esters is 1. The number of aryl methyl sites for hydroxylation is 3. The summed E-state index contributed by atoms with van der Waals surface area (Å²) in [5, 5.41) is 0. The van der Waals surface area contributed by atoms with Crippen LogP contribution in [0.15, 0.2) is 69.6 Å². The molecule has 4 aromatic rings. The van der Waals surface area contributed by atoms with E-state index in [4.69, 9.17) is 28.7 Å². The Labute approximate surface area is 284 Å². The minimum absolute atomic E-state index is 0.180. The first kappa shape index (κ1) is 34.5. The monoisotopic (exact) mass is 670 g/mol. The summed E-state index contributed by atoms with van der Waals surface area (Å²) in [5.41, 5.74) is 6.66. The zero-order valence-corrected chi connectivity index (χ0v) is 29.6. The number of nitrogens with zero attached hydrogens (tertiary/aromatic N) is 2. The molecule has 9 nitrogen and oxygen atoms in total. The van der Waals surface area contributed by atoms with E-state index in [1.807, 2.05) is 25.1 Å². The van der Waals surface area contributed by atoms with Crippen molar-refractivity contribution in [2.45, 2.75) is 60.1 Å². The van der Waals surface area contributed by atoms with Crippen LogP contribution in [0.3, 0.4) is 0 Å². The van der Waals surface area contributed by atoms with Crippen molar-refractivity contribution in [3.8, 4) is 23.0 Å². The van der Waals surface area contributed by atoms with Crippen molar-refractivity contribution in [3.63, 3.8) is 0 Å². The van der Waals surface area contributed by atoms with Crippen molar-refractivity contribution >= 4 is 23.4 Å². The predicted octanol–water partition coefficient (Wildman–Crippen LogP) is 6.11. The molecule has 0 fully saturated rings. The number of benzene rings is 3. The maximum atomic E-state index is 14.3. The first-order chi connectivity index (χ1) is 23.1. The van der Waals surface area contributed by atoms with Crippen LogP contribution in [-0.2, 0) is 16.1 Å². The fraction of sp³-hybridized carbons (Fsp3) is 0.342. The average Bonchev–Trinajstić information content (AvgIpc) is 3.37. The Morgan fingerprint density at radius 1 is 0.917 bits per heavy atom. The molecule has 5 rings (SSSR count). The molecule has 1 aliphatic heterocycles. The van der Waals surface area contributed by atoms with E-state index < -0.39 is 12.0 Å². The van der Waals surface area contributed by atoms with Gasteiger partial charge in [0.05, 0.1) is 43.7 Å². The number of methoxy groups -OCH3 is 3. The lowest BCUT2D eigenvalue weighted by molar-refractivity contribution is -0.139. The minimum Gasteiger partial charge on any atom is -0.497 e. The van der Waals surface area contributed by atoms with Crippen molar-refractivity contribution in [1.29, 1.82) is 0 Å². The Morgan fingerprint density at radius 2 is 1.62 bits per heavy atom. The fourth-order valence-electron chi connectivity index (χ4n) is 6.10. The Morgan fingerprint density at radius 3 is 2.27 bits per heavy atom. The van der Waals surface area contributed by atoms with Gasteiger partial charge in [0, 0.05) is 5.56 Å². The molecule has 0 radical (unpaired) electrons. The van der Waals surface area contributed by atoms with Crippen molar-refractivity contribution < 1.29 is 28.5 Å². The third-order valence-corrected chi connectivity index (χ3v) is 9.30. The predicted molar refractivity (Wildman–Crippen MR) is 187 cm³/mol. The van der Waals surface area contributed by atoms with Gasteiger partial charge in [-0.1, -0.05) is 48.4 Å². The zero-order valence-electron chi connectivity index (χ0n) is 28.8. The van der Waals surface area contributed by atoms with E-state index in [2.05, 4.69) is 32.9 Å². The summed E-state index contributed by atoms with van der Waals surface area (Å²) in [5.74, 6) is 1.69. The molecule has 3 aromatic carbocycles. The number of carbonyl (C=O) groups is 1. The summed E-state index contributed by atoms with van der Waals surface area (Å²) in [6, 6.07) is 14.4. The van der Waals surface area contributed by atoms with Gasteiger partial charge in [0.1, 0.15) is 24.1 Å². The summed E-state index contributed by atoms with van der Waals surface area (Å²) < 4.78 is 30.7. The fourth-order valence-corrected chi connectivity index (χ4v) is 7.12. The number of allylic oxidation sites excluding steroid dienone is 1. The van der Waals surface area contributed by atoms with Gasteiger partial charge in [0.25, 0.3) is 5.56 Å². The highest BCUT2D eigenvalue weighted by Crippen LogP contribution is 2.39. The van der Waals surface area contributed by atoms with E-state index >= 15 is 0 Å². The second kappa shape index (κ2) is 14.9. The molecule has 0 N–H and O–H groups in total. The Kier molecular flexibility index (Phi) is 10.7. The molecule has 1 atom stereocenters. The molecular formula is C38H42N2O7S. The second-order valence-corrected chi connectivity index (χ2v) is 12.6. The number of ether oxygens (including phenoxy) is 5. The van der Waals surface area contributed by atoms with Crippen molar-refractivity contribution in [2.24, 2.45) is 4.99 Å². The van der Waals surface area contributed by atoms with Crippen LogP contribution in [0, 0.1) is 20.8 Å². The third kappa shape index (κ3) is 6.89. The lowest BCUT2D eigenvalue weighted by atomic mass is 9.93. The molecule has 0 spiro atoms. The van der Waals surface area contributed by atoms with Gasteiger partial charge < -0.3 is 23.7 Å². The molecule has 0 amide bonds. The quantitative estimate of drug-likeness (QED) is 0.168. The summed E-state index contributed by atoms with van der Waals surface area (Å²) in [6.45, 7) is 10.6. The highest BCUT2D eigenvalue weighted by atomic mass is 32.1. The standard InChI is InChI=1S/C38H42N2O7S/c1-9-11-29-34(37(42)46-10-2)35(27-20-26(43-6)13-15-30(27)44-7)40-36(41)33(48-38(40)39-29)19-25-12-14-31(32(18-25)45-8)47-21-28-23(4)16-22(3)17-24(28)5/h12-20,35H,9-11,21H2,1-8H3/b33-19-/t35-/m0/s1. The highest BCUT2D eigenvalue weighted by Gasteiger charge is 2.36. The Hall–Kier alpha value is -4.83. The summed E-state index contributed by atoms with van der Waals surface area (Å²) in [7, 11) is 4.71. The van der Waals surface area contributed by atoms with Crippen LogP contribution >= 0.6 is 11.3 Å². The summed E-state index contributed by atoms with van der Waals surface area (Å²) >= 11 is 1.26. The van der Waals surface area contributed by atoms with Gasteiger partial charge in [-0.05, 0) is 92.8 Å². The first-order valence-electron chi connectivity index (χ1n) is 15.9. The van der Waals surface area contributed by atoms with Crippen LogP contribution in [0.25, 0.3) is 6.08 Å². The number of rotatable bonds is 12. The molecule has 252 valence electrons. The van der Waals surface area contributed by atoms with E-state index in [9.17, 15) is 9.59 Å². The third-order valence-electron chi connectivity index (χ3n) is 8.32. The van der Waals surface area contributed by atoms with E-state index in [1.165, 1.54) is 28.0 Å². The molecule has 2 heterocycles. The van der Waals surface area contributed by atoms with Crippen molar-refractivity contribution in [2.75, 3.05) is 27.9 Å². The molecule has 1 aliphatic rings.